The molecule has 2 aromatic carbocycles. The summed E-state index contributed by atoms with van der Waals surface area (Å²) < 4.78 is 6.21. The van der Waals surface area contributed by atoms with Gasteiger partial charge in [-0.2, -0.15) is 5.26 Å². The summed E-state index contributed by atoms with van der Waals surface area (Å²) in [7, 11) is 0. The molecule has 0 saturated carbocycles. The standard InChI is InChI=1S/C31H34N6O2.2H2/c1-20-9-11-21(12-10-20)35-29(17-28(33)31(2,3)4)37-30(38)36-26-15-16-27(25-8-6-5-7-24(25)26)39-23-14-13-22(18-32)34-19-23;;/h5-14,17,19,26-27H,15-16,33H2,1-4H3,(H2,35,36,37,38);2*1H/b28-17-;;/t26-,27+;;/m0../s1. The molecule has 2 amide bonds. The number of nitrogens with zero attached hydrogens (tertiary/aromatic N) is 3. The van der Waals surface area contributed by atoms with Crippen LogP contribution in [0.25, 0.3) is 0 Å². The fourth-order valence-corrected chi connectivity index (χ4v) is 4.23. The maximum absolute atomic E-state index is 13.2. The molecule has 0 unspecified atom stereocenters. The van der Waals surface area contributed by atoms with Gasteiger partial charge >= 0.3 is 6.03 Å². The topological polar surface area (TPSA) is 125 Å². The second-order valence-electron chi connectivity index (χ2n) is 10.6. The number of carbonyl (C=O) groups is 1. The fourth-order valence-electron chi connectivity index (χ4n) is 4.23. The molecule has 0 spiro atoms. The number of hydrogen-bond acceptors (Lipinski definition) is 6. The van der Waals surface area contributed by atoms with Gasteiger partial charge in [-0.05, 0) is 55.2 Å². The van der Waals surface area contributed by atoms with Gasteiger partial charge in [0.2, 0.25) is 0 Å². The maximum Gasteiger partial charge on any atom is 0.320 e. The molecule has 204 valence electrons. The first kappa shape index (κ1) is 27.4. The van der Waals surface area contributed by atoms with E-state index in [2.05, 4.69) is 20.6 Å². The van der Waals surface area contributed by atoms with Crippen molar-refractivity contribution in [2.75, 3.05) is 0 Å². The Bertz CT molecular complexity index is 1420. The summed E-state index contributed by atoms with van der Waals surface area (Å²) in [5.41, 5.74) is 10.8. The molecular formula is C31H38N6O2. The van der Waals surface area contributed by atoms with Gasteiger partial charge in [-0.3, -0.25) is 5.32 Å². The van der Waals surface area contributed by atoms with Crippen LogP contribution in [-0.2, 0) is 0 Å². The van der Waals surface area contributed by atoms with Crippen LogP contribution in [0.4, 0.5) is 10.5 Å². The summed E-state index contributed by atoms with van der Waals surface area (Å²) in [6.45, 7) is 8.03. The number of benzene rings is 2. The molecular weight excluding hydrogens is 488 g/mol. The van der Waals surface area contributed by atoms with E-state index in [1.54, 1.807) is 24.4 Å². The van der Waals surface area contributed by atoms with Gasteiger partial charge < -0.3 is 15.8 Å². The molecule has 0 bridgehead atoms. The van der Waals surface area contributed by atoms with Gasteiger partial charge in [0.05, 0.1) is 17.9 Å². The highest BCUT2D eigenvalue weighted by molar-refractivity contribution is 6.05. The van der Waals surface area contributed by atoms with Crippen LogP contribution in [0, 0.1) is 23.7 Å². The van der Waals surface area contributed by atoms with Crippen LogP contribution in [-0.4, -0.2) is 16.9 Å². The van der Waals surface area contributed by atoms with Gasteiger partial charge in [-0.1, -0.05) is 62.7 Å². The Balaban J connectivity index is 0.00000294. The predicted octanol–water partition coefficient (Wildman–Crippen LogP) is 6.63. The highest BCUT2D eigenvalue weighted by atomic mass is 16.5. The molecule has 39 heavy (non-hydrogen) atoms. The van der Waals surface area contributed by atoms with Crippen molar-refractivity contribution in [1.29, 1.82) is 5.26 Å². The van der Waals surface area contributed by atoms with Crippen molar-refractivity contribution >= 4 is 17.6 Å². The van der Waals surface area contributed by atoms with Crippen LogP contribution in [0.15, 0.2) is 83.6 Å². The van der Waals surface area contributed by atoms with E-state index in [0.717, 1.165) is 16.7 Å². The zero-order valence-electron chi connectivity index (χ0n) is 22.7. The van der Waals surface area contributed by atoms with Gasteiger partial charge in [0.1, 0.15) is 29.5 Å². The van der Waals surface area contributed by atoms with Crippen LogP contribution in [0.2, 0.25) is 0 Å². The van der Waals surface area contributed by atoms with Crippen molar-refractivity contribution in [3.05, 3.63) is 101 Å². The number of pyridine rings is 1. The van der Waals surface area contributed by atoms with Gasteiger partial charge in [-0.25, -0.2) is 14.8 Å². The van der Waals surface area contributed by atoms with Gasteiger partial charge in [0.25, 0.3) is 0 Å². The van der Waals surface area contributed by atoms with E-state index in [1.807, 2.05) is 82.3 Å². The summed E-state index contributed by atoms with van der Waals surface area (Å²) >= 11 is 0. The van der Waals surface area contributed by atoms with E-state index < -0.39 is 0 Å². The normalized spacial score (nSPS) is 17.5. The van der Waals surface area contributed by atoms with Gasteiger partial charge in [-0.15, -0.1) is 0 Å². The van der Waals surface area contributed by atoms with Crippen molar-refractivity contribution < 1.29 is 12.4 Å². The first-order valence-corrected chi connectivity index (χ1v) is 12.9. The van der Waals surface area contributed by atoms with E-state index in [4.69, 9.17) is 15.7 Å². The number of carbonyl (C=O) groups excluding carboxylic acids is 1. The van der Waals surface area contributed by atoms with Crippen molar-refractivity contribution in [2.45, 2.75) is 52.7 Å². The molecule has 0 fully saturated rings. The lowest BCUT2D eigenvalue weighted by Crippen LogP contribution is -2.42. The summed E-state index contributed by atoms with van der Waals surface area (Å²) in [5, 5.41) is 15.0. The Hall–Kier alpha value is -4.64. The average Bonchev–Trinajstić information content (AvgIpc) is 2.91. The number of ether oxygens (including phenoxy) is 1. The summed E-state index contributed by atoms with van der Waals surface area (Å²) in [6.07, 6.45) is 4.46. The molecule has 0 saturated heterocycles. The van der Waals surface area contributed by atoms with E-state index in [9.17, 15) is 4.79 Å². The molecule has 0 aliphatic heterocycles. The number of aromatic nitrogens is 1. The number of fused-ring (bicyclic) bond motifs is 1. The Morgan fingerprint density at radius 3 is 2.49 bits per heavy atom. The molecule has 1 aromatic heterocycles. The quantitative estimate of drug-likeness (QED) is 0.254. The van der Waals surface area contributed by atoms with Crippen molar-refractivity contribution in [3.8, 4) is 11.8 Å². The summed E-state index contributed by atoms with van der Waals surface area (Å²) in [6, 6.07) is 20.5. The Labute approximate surface area is 232 Å². The number of aliphatic imine (C=N–C) groups is 1. The van der Waals surface area contributed by atoms with E-state index in [-0.39, 0.29) is 26.4 Å². The van der Waals surface area contributed by atoms with Crippen molar-refractivity contribution in [1.82, 2.24) is 15.6 Å². The Morgan fingerprint density at radius 1 is 1.13 bits per heavy atom. The molecule has 4 N–H and O–H groups in total. The number of amidine groups is 1. The third kappa shape index (κ3) is 7.23. The molecule has 3 aromatic rings. The molecule has 2 atom stereocenters. The third-order valence-corrected chi connectivity index (χ3v) is 6.55. The average molecular weight is 527 g/mol. The van der Waals surface area contributed by atoms with E-state index >= 15 is 0 Å². The molecule has 8 nitrogen and oxygen atoms in total. The number of rotatable bonds is 5. The SMILES string of the molecule is Cc1ccc(N=C(/C=C(\N)C(C)(C)C)NC(=O)N[C@H]2CC[C@@H](Oc3ccc(C#N)nc3)c3ccccc32)cc1.[HH].[HH]. The lowest BCUT2D eigenvalue weighted by atomic mass is 9.85. The number of nitrogens with two attached hydrogens (primary N) is 1. The van der Waals surface area contributed by atoms with Crippen LogP contribution in [0.1, 0.15) is 71.0 Å². The van der Waals surface area contributed by atoms with Crippen LogP contribution in [0.5, 0.6) is 5.75 Å². The smallest absolute Gasteiger partial charge is 0.320 e. The lowest BCUT2D eigenvalue weighted by Gasteiger charge is -2.32. The number of nitriles is 1. The number of hydrogen-bond donors (Lipinski definition) is 3. The minimum absolute atomic E-state index is 0. The summed E-state index contributed by atoms with van der Waals surface area (Å²) in [5.74, 6) is 0.959. The number of nitrogens with one attached hydrogen (secondary N) is 2. The maximum atomic E-state index is 13.2. The number of aryl methyl sites for hydroxylation is 1. The van der Waals surface area contributed by atoms with Crippen LogP contribution < -0.4 is 21.1 Å². The van der Waals surface area contributed by atoms with Gasteiger partial charge in [0.15, 0.2) is 0 Å². The van der Waals surface area contributed by atoms with Crippen molar-refractivity contribution in [3.63, 3.8) is 0 Å². The fraction of sp³-hybridized carbons (Fsp3) is 0.290. The van der Waals surface area contributed by atoms with Crippen LogP contribution in [0.3, 0.4) is 0 Å². The van der Waals surface area contributed by atoms with Gasteiger partial charge in [0, 0.05) is 20.0 Å². The van der Waals surface area contributed by atoms with Crippen LogP contribution >= 0.6 is 0 Å². The second kappa shape index (κ2) is 11.8. The minimum atomic E-state index is -0.366. The molecule has 1 heterocycles. The first-order valence-electron chi connectivity index (χ1n) is 12.9. The zero-order valence-corrected chi connectivity index (χ0v) is 22.7. The lowest BCUT2D eigenvalue weighted by molar-refractivity contribution is 0.171. The highest BCUT2D eigenvalue weighted by Crippen LogP contribution is 2.38. The first-order chi connectivity index (χ1) is 18.6. The van der Waals surface area contributed by atoms with E-state index in [1.165, 1.54) is 0 Å². The predicted molar refractivity (Wildman–Crippen MR) is 157 cm³/mol. The molecule has 1 aliphatic carbocycles. The number of amides is 2. The summed E-state index contributed by atoms with van der Waals surface area (Å²) in [4.78, 5) is 21.9. The second-order valence-corrected chi connectivity index (χ2v) is 10.6. The van der Waals surface area contributed by atoms with Crippen molar-refractivity contribution in [2.24, 2.45) is 16.1 Å². The Morgan fingerprint density at radius 2 is 1.85 bits per heavy atom. The molecule has 1 aliphatic rings. The third-order valence-electron chi connectivity index (χ3n) is 6.55. The number of urea groups is 1. The van der Waals surface area contributed by atoms with E-state index in [0.29, 0.717) is 41.5 Å². The minimum Gasteiger partial charge on any atom is -0.484 e. The number of allylic oxidation sites excluding steroid dienone is 1. The monoisotopic (exact) mass is 526 g/mol. The highest BCUT2D eigenvalue weighted by Gasteiger charge is 2.29. The Kier molecular flexibility index (Phi) is 8.30. The largest absolute Gasteiger partial charge is 0.484 e. The zero-order chi connectivity index (χ0) is 28.0. The molecule has 8 heteroatoms. The molecule has 0 radical (unpaired) electrons. The molecule has 4 rings (SSSR count).